The van der Waals surface area contributed by atoms with Gasteiger partial charge in [-0.1, -0.05) is 34.1 Å². The van der Waals surface area contributed by atoms with E-state index < -0.39 is 6.10 Å². The number of halogens is 1. The SMILES string of the molecule is COc1cc2ccnc(C(O)c3ccccc3Br)c2cc1OC. The normalized spacial score (nSPS) is 12.2. The monoisotopic (exact) mass is 373 g/mol. The molecule has 0 aliphatic carbocycles. The quantitative estimate of drug-likeness (QED) is 0.747. The summed E-state index contributed by atoms with van der Waals surface area (Å²) in [4.78, 5) is 4.39. The van der Waals surface area contributed by atoms with Crippen molar-refractivity contribution < 1.29 is 14.6 Å². The molecule has 0 radical (unpaired) electrons. The lowest BCUT2D eigenvalue weighted by molar-refractivity contribution is 0.216. The molecule has 0 amide bonds. The fourth-order valence-corrected chi connectivity index (χ4v) is 3.09. The first kappa shape index (κ1) is 15.8. The first-order chi connectivity index (χ1) is 11.2. The minimum atomic E-state index is -0.840. The standard InChI is InChI=1S/C18H16BrNO3/c1-22-15-9-11-7-8-20-17(13(11)10-16(15)23-2)18(21)12-5-3-4-6-14(12)19/h3-10,18,21H,1-2H3. The van der Waals surface area contributed by atoms with Crippen molar-refractivity contribution in [2.45, 2.75) is 6.10 Å². The largest absolute Gasteiger partial charge is 0.493 e. The molecule has 0 saturated heterocycles. The zero-order chi connectivity index (χ0) is 16.4. The lowest BCUT2D eigenvalue weighted by Gasteiger charge is -2.16. The number of hydrogen-bond donors (Lipinski definition) is 1. The number of aliphatic hydroxyl groups is 1. The van der Waals surface area contributed by atoms with E-state index in [1.54, 1.807) is 20.4 Å². The number of fused-ring (bicyclic) bond motifs is 1. The van der Waals surface area contributed by atoms with Crippen LogP contribution in [0.5, 0.6) is 11.5 Å². The number of aromatic nitrogens is 1. The van der Waals surface area contributed by atoms with Crippen LogP contribution in [0.15, 0.2) is 53.1 Å². The fraction of sp³-hybridized carbons (Fsp3) is 0.167. The molecule has 1 aromatic heterocycles. The van der Waals surface area contributed by atoms with Crippen LogP contribution in [0.3, 0.4) is 0 Å². The first-order valence-corrected chi connectivity index (χ1v) is 7.88. The van der Waals surface area contributed by atoms with Crippen LogP contribution in [-0.4, -0.2) is 24.3 Å². The average Bonchev–Trinajstić information content (AvgIpc) is 2.59. The van der Waals surface area contributed by atoms with Gasteiger partial charge in [0, 0.05) is 21.6 Å². The molecular weight excluding hydrogens is 358 g/mol. The molecular formula is C18H16BrNO3. The lowest BCUT2D eigenvalue weighted by Crippen LogP contribution is -2.04. The van der Waals surface area contributed by atoms with Crippen LogP contribution in [-0.2, 0) is 0 Å². The Hall–Kier alpha value is -2.11. The van der Waals surface area contributed by atoms with Crippen molar-refractivity contribution in [3.8, 4) is 11.5 Å². The maximum atomic E-state index is 10.8. The van der Waals surface area contributed by atoms with Gasteiger partial charge in [-0.05, 0) is 29.7 Å². The number of pyridine rings is 1. The third-order valence-electron chi connectivity index (χ3n) is 3.76. The molecule has 0 fully saturated rings. The van der Waals surface area contributed by atoms with Gasteiger partial charge in [0.05, 0.1) is 19.9 Å². The summed E-state index contributed by atoms with van der Waals surface area (Å²) in [7, 11) is 3.19. The topological polar surface area (TPSA) is 51.6 Å². The second-order valence-electron chi connectivity index (χ2n) is 5.05. The van der Waals surface area contributed by atoms with Crippen LogP contribution >= 0.6 is 15.9 Å². The third-order valence-corrected chi connectivity index (χ3v) is 4.48. The van der Waals surface area contributed by atoms with E-state index in [1.807, 2.05) is 42.5 Å². The van der Waals surface area contributed by atoms with Crippen molar-refractivity contribution >= 4 is 26.7 Å². The van der Waals surface area contributed by atoms with Crippen molar-refractivity contribution in [3.05, 3.63) is 64.4 Å². The Balaban J connectivity index is 2.20. The molecule has 4 nitrogen and oxygen atoms in total. The summed E-state index contributed by atoms with van der Waals surface area (Å²) in [5, 5.41) is 12.6. The molecule has 0 spiro atoms. The summed E-state index contributed by atoms with van der Waals surface area (Å²) in [5.41, 5.74) is 1.35. The van der Waals surface area contributed by atoms with Gasteiger partial charge in [-0.25, -0.2) is 0 Å². The van der Waals surface area contributed by atoms with Crippen LogP contribution in [0.2, 0.25) is 0 Å². The van der Waals surface area contributed by atoms with Crippen LogP contribution < -0.4 is 9.47 Å². The summed E-state index contributed by atoms with van der Waals surface area (Å²) >= 11 is 3.48. The van der Waals surface area contributed by atoms with E-state index in [0.717, 1.165) is 20.8 Å². The number of methoxy groups -OCH3 is 2. The third kappa shape index (κ3) is 2.90. The maximum absolute atomic E-state index is 10.8. The predicted molar refractivity (Wildman–Crippen MR) is 93.1 cm³/mol. The van der Waals surface area contributed by atoms with Crippen molar-refractivity contribution in [3.63, 3.8) is 0 Å². The van der Waals surface area contributed by atoms with E-state index in [-0.39, 0.29) is 0 Å². The Labute approximate surface area is 142 Å². The average molecular weight is 374 g/mol. The molecule has 23 heavy (non-hydrogen) atoms. The molecule has 2 aromatic carbocycles. The molecule has 1 atom stereocenters. The van der Waals surface area contributed by atoms with Crippen molar-refractivity contribution in [1.29, 1.82) is 0 Å². The van der Waals surface area contributed by atoms with Gasteiger partial charge in [0.15, 0.2) is 11.5 Å². The van der Waals surface area contributed by atoms with Gasteiger partial charge in [0.25, 0.3) is 0 Å². The van der Waals surface area contributed by atoms with E-state index in [9.17, 15) is 5.11 Å². The molecule has 0 bridgehead atoms. The van der Waals surface area contributed by atoms with Gasteiger partial charge >= 0.3 is 0 Å². The highest BCUT2D eigenvalue weighted by atomic mass is 79.9. The van der Waals surface area contributed by atoms with Crippen LogP contribution in [0.1, 0.15) is 17.4 Å². The van der Waals surface area contributed by atoms with Crippen molar-refractivity contribution in [1.82, 2.24) is 4.98 Å². The molecule has 0 saturated carbocycles. The fourth-order valence-electron chi connectivity index (χ4n) is 2.58. The number of ether oxygens (including phenoxy) is 2. The van der Waals surface area contributed by atoms with Gasteiger partial charge in [0.2, 0.25) is 0 Å². The first-order valence-electron chi connectivity index (χ1n) is 7.09. The van der Waals surface area contributed by atoms with Crippen molar-refractivity contribution in [2.75, 3.05) is 14.2 Å². The number of rotatable bonds is 4. The van der Waals surface area contributed by atoms with E-state index >= 15 is 0 Å². The number of nitrogens with zero attached hydrogens (tertiary/aromatic N) is 1. The Morgan fingerprint density at radius 1 is 1.04 bits per heavy atom. The lowest BCUT2D eigenvalue weighted by atomic mass is 10.0. The maximum Gasteiger partial charge on any atom is 0.161 e. The van der Waals surface area contributed by atoms with Gasteiger partial charge in [-0.2, -0.15) is 0 Å². The van der Waals surface area contributed by atoms with E-state index in [4.69, 9.17) is 9.47 Å². The highest BCUT2D eigenvalue weighted by Crippen LogP contribution is 2.36. The summed E-state index contributed by atoms with van der Waals surface area (Å²) < 4.78 is 11.5. The molecule has 0 aliphatic rings. The molecule has 3 rings (SSSR count). The van der Waals surface area contributed by atoms with E-state index in [0.29, 0.717) is 17.2 Å². The van der Waals surface area contributed by atoms with Gasteiger partial charge in [-0.15, -0.1) is 0 Å². The van der Waals surface area contributed by atoms with Gasteiger partial charge in [0.1, 0.15) is 6.10 Å². The van der Waals surface area contributed by atoms with Crippen LogP contribution in [0, 0.1) is 0 Å². The van der Waals surface area contributed by atoms with Gasteiger partial charge < -0.3 is 14.6 Å². The molecule has 1 heterocycles. The summed E-state index contributed by atoms with van der Waals surface area (Å²) in [6, 6.07) is 13.2. The molecule has 1 unspecified atom stereocenters. The Morgan fingerprint density at radius 2 is 1.74 bits per heavy atom. The zero-order valence-electron chi connectivity index (χ0n) is 12.8. The summed E-state index contributed by atoms with van der Waals surface area (Å²) in [6.07, 6.45) is 0.844. The molecule has 0 aliphatic heterocycles. The number of benzene rings is 2. The predicted octanol–water partition coefficient (Wildman–Crippen LogP) is 4.10. The Kier molecular flexibility index (Phi) is 4.50. The van der Waals surface area contributed by atoms with Crippen LogP contribution in [0.25, 0.3) is 10.8 Å². The van der Waals surface area contributed by atoms with Crippen molar-refractivity contribution in [2.24, 2.45) is 0 Å². The van der Waals surface area contributed by atoms with Crippen LogP contribution in [0.4, 0.5) is 0 Å². The summed E-state index contributed by atoms with van der Waals surface area (Å²) in [5.74, 6) is 1.25. The number of hydrogen-bond acceptors (Lipinski definition) is 4. The van der Waals surface area contributed by atoms with E-state index in [1.165, 1.54) is 0 Å². The minimum absolute atomic E-state index is 0.579. The van der Waals surface area contributed by atoms with Gasteiger partial charge in [-0.3, -0.25) is 4.98 Å². The second kappa shape index (κ2) is 6.56. The van der Waals surface area contributed by atoms with E-state index in [2.05, 4.69) is 20.9 Å². The molecule has 1 N–H and O–H groups in total. The Bertz CT molecular complexity index is 851. The highest BCUT2D eigenvalue weighted by molar-refractivity contribution is 9.10. The smallest absolute Gasteiger partial charge is 0.161 e. The molecule has 118 valence electrons. The molecule has 5 heteroatoms. The summed E-state index contributed by atoms with van der Waals surface area (Å²) in [6.45, 7) is 0. The number of aliphatic hydroxyl groups excluding tert-OH is 1. The minimum Gasteiger partial charge on any atom is -0.493 e. The zero-order valence-corrected chi connectivity index (χ0v) is 14.4. The Morgan fingerprint density at radius 3 is 2.43 bits per heavy atom. The highest BCUT2D eigenvalue weighted by Gasteiger charge is 2.19. The second-order valence-corrected chi connectivity index (χ2v) is 5.90. The molecule has 3 aromatic rings.